The first-order chi connectivity index (χ1) is 14.8. The summed E-state index contributed by atoms with van der Waals surface area (Å²) in [6, 6.07) is 21.0. The molecule has 0 aliphatic heterocycles. The molecule has 1 amide bonds. The van der Waals surface area contributed by atoms with Crippen LogP contribution in [0.5, 0.6) is 0 Å². The summed E-state index contributed by atoms with van der Waals surface area (Å²) in [5, 5.41) is 3.23. The number of nitrogens with one attached hydrogen (secondary N) is 1. The van der Waals surface area contributed by atoms with E-state index in [9.17, 15) is 13.2 Å². The summed E-state index contributed by atoms with van der Waals surface area (Å²) in [4.78, 5) is 12.8. The van der Waals surface area contributed by atoms with Crippen LogP contribution in [0.25, 0.3) is 0 Å². The number of amides is 1. The zero-order chi connectivity index (χ0) is 22.4. The molecule has 0 heterocycles. The van der Waals surface area contributed by atoms with Crippen molar-refractivity contribution in [1.82, 2.24) is 4.31 Å². The summed E-state index contributed by atoms with van der Waals surface area (Å²) in [5.74, 6) is -0.408. The molecule has 0 aromatic heterocycles. The Morgan fingerprint density at radius 1 is 0.968 bits per heavy atom. The maximum atomic E-state index is 13.3. The normalized spacial score (nSPS) is 11.5. The molecule has 3 rings (SSSR count). The fourth-order valence-electron chi connectivity index (χ4n) is 3.18. The maximum Gasteiger partial charge on any atom is 0.243 e. The van der Waals surface area contributed by atoms with E-state index < -0.39 is 15.9 Å². The van der Waals surface area contributed by atoms with E-state index in [0.717, 1.165) is 23.1 Å². The van der Waals surface area contributed by atoms with Gasteiger partial charge in [0.2, 0.25) is 15.9 Å². The van der Waals surface area contributed by atoms with Crippen molar-refractivity contribution < 1.29 is 13.2 Å². The van der Waals surface area contributed by atoms with Crippen LogP contribution in [0, 0.1) is 6.92 Å². The summed E-state index contributed by atoms with van der Waals surface area (Å²) in [6.07, 6.45) is 0.901. The predicted octanol–water partition coefficient (Wildman–Crippen LogP) is 5.04. The van der Waals surface area contributed by atoms with Gasteiger partial charge in [0, 0.05) is 17.3 Å². The Hall–Kier alpha value is -2.67. The van der Waals surface area contributed by atoms with Crippen molar-refractivity contribution in [3.8, 4) is 0 Å². The lowest BCUT2D eigenvalue weighted by molar-refractivity contribution is -0.116. The topological polar surface area (TPSA) is 66.5 Å². The smallest absolute Gasteiger partial charge is 0.243 e. The van der Waals surface area contributed by atoms with Crippen molar-refractivity contribution >= 4 is 33.2 Å². The third-order valence-corrected chi connectivity index (χ3v) is 6.92. The number of carbonyl (C=O) groups excluding carboxylic acids is 1. The van der Waals surface area contributed by atoms with Gasteiger partial charge >= 0.3 is 0 Å². The van der Waals surface area contributed by atoms with Gasteiger partial charge in [-0.2, -0.15) is 4.31 Å². The van der Waals surface area contributed by atoms with Crippen molar-refractivity contribution in [2.75, 3.05) is 11.9 Å². The van der Waals surface area contributed by atoms with E-state index in [-0.39, 0.29) is 18.0 Å². The molecule has 0 fully saturated rings. The van der Waals surface area contributed by atoms with Crippen LogP contribution in [0.15, 0.2) is 77.7 Å². The third-order valence-electron chi connectivity index (χ3n) is 4.86. The minimum atomic E-state index is -3.91. The van der Waals surface area contributed by atoms with E-state index in [1.165, 1.54) is 28.6 Å². The van der Waals surface area contributed by atoms with E-state index in [2.05, 4.69) is 12.2 Å². The van der Waals surface area contributed by atoms with Gasteiger partial charge in [-0.1, -0.05) is 60.5 Å². The van der Waals surface area contributed by atoms with Crippen molar-refractivity contribution in [3.63, 3.8) is 0 Å². The Morgan fingerprint density at radius 3 is 2.26 bits per heavy atom. The van der Waals surface area contributed by atoms with E-state index >= 15 is 0 Å². The Labute approximate surface area is 188 Å². The zero-order valence-corrected chi connectivity index (χ0v) is 19.1. The Kier molecular flexibility index (Phi) is 7.49. The first-order valence-electron chi connectivity index (χ1n) is 9.98. The molecular weight excluding hydrogens is 432 g/mol. The lowest BCUT2D eigenvalue weighted by Gasteiger charge is -2.22. The Morgan fingerprint density at radius 2 is 1.65 bits per heavy atom. The fraction of sp³-hybridized carbons (Fsp3) is 0.208. The summed E-state index contributed by atoms with van der Waals surface area (Å²) in [5.41, 5.74) is 3.60. The van der Waals surface area contributed by atoms with Crippen molar-refractivity contribution in [3.05, 3.63) is 94.5 Å². The monoisotopic (exact) mass is 456 g/mol. The second-order valence-electron chi connectivity index (χ2n) is 7.31. The fourth-order valence-corrected chi connectivity index (χ4v) is 4.69. The minimum absolute atomic E-state index is 0.0782. The summed E-state index contributed by atoms with van der Waals surface area (Å²) >= 11 is 5.91. The van der Waals surface area contributed by atoms with Crippen LogP contribution >= 0.6 is 11.6 Å². The molecular formula is C24H25ClN2O3S. The molecule has 0 radical (unpaired) electrons. The molecule has 0 spiro atoms. The highest BCUT2D eigenvalue weighted by Gasteiger charge is 2.27. The lowest BCUT2D eigenvalue weighted by Crippen LogP contribution is -2.37. The molecule has 3 aromatic rings. The van der Waals surface area contributed by atoms with Gasteiger partial charge in [-0.3, -0.25) is 4.79 Å². The first kappa shape index (κ1) is 23.0. The van der Waals surface area contributed by atoms with Crippen LogP contribution in [0.4, 0.5) is 5.69 Å². The van der Waals surface area contributed by atoms with Gasteiger partial charge in [-0.05, 0) is 60.9 Å². The van der Waals surface area contributed by atoms with Crippen LogP contribution < -0.4 is 5.32 Å². The average Bonchev–Trinajstić information content (AvgIpc) is 2.74. The molecule has 5 nitrogen and oxygen atoms in total. The second kappa shape index (κ2) is 10.1. The molecule has 0 atom stereocenters. The molecule has 0 aliphatic rings. The highest BCUT2D eigenvalue weighted by atomic mass is 35.5. The Balaban J connectivity index is 1.85. The number of halogens is 1. The van der Waals surface area contributed by atoms with Gasteiger partial charge in [0.1, 0.15) is 0 Å². The quantitative estimate of drug-likeness (QED) is 0.516. The van der Waals surface area contributed by atoms with E-state index in [1.54, 1.807) is 0 Å². The molecule has 1 N–H and O–H groups in total. The largest absolute Gasteiger partial charge is 0.325 e. The molecule has 3 aromatic carbocycles. The molecule has 0 saturated carbocycles. The standard InChI is InChI=1S/C24H25ClN2O3S/c1-3-19-7-11-22(12-8-19)26-24(28)17-27(16-20-6-4-5-18(2)15-20)31(29,30)23-13-9-21(25)10-14-23/h4-15H,3,16-17H2,1-2H3,(H,26,28). The number of sulfonamides is 1. The summed E-state index contributed by atoms with van der Waals surface area (Å²) < 4.78 is 27.8. The number of anilines is 1. The number of rotatable bonds is 8. The van der Waals surface area contributed by atoms with Crippen LogP contribution in [0.1, 0.15) is 23.6 Å². The number of benzene rings is 3. The molecule has 0 bridgehead atoms. The molecule has 0 saturated heterocycles. The first-order valence-corrected chi connectivity index (χ1v) is 11.8. The van der Waals surface area contributed by atoms with Crippen molar-refractivity contribution in [2.24, 2.45) is 0 Å². The highest BCUT2D eigenvalue weighted by Crippen LogP contribution is 2.21. The van der Waals surface area contributed by atoms with E-state index in [4.69, 9.17) is 11.6 Å². The number of carbonyl (C=O) groups is 1. The molecule has 0 aliphatic carbocycles. The number of hydrogen-bond acceptors (Lipinski definition) is 3. The van der Waals surface area contributed by atoms with Gasteiger partial charge in [-0.25, -0.2) is 8.42 Å². The SMILES string of the molecule is CCc1ccc(NC(=O)CN(Cc2cccc(C)c2)S(=O)(=O)c2ccc(Cl)cc2)cc1. The lowest BCUT2D eigenvalue weighted by atomic mass is 10.1. The number of aryl methyl sites for hydroxylation is 2. The van der Waals surface area contributed by atoms with Crippen molar-refractivity contribution in [1.29, 1.82) is 0 Å². The minimum Gasteiger partial charge on any atom is -0.325 e. The van der Waals surface area contributed by atoms with Gasteiger partial charge in [-0.15, -0.1) is 0 Å². The van der Waals surface area contributed by atoms with Crippen LogP contribution in [0.3, 0.4) is 0 Å². The van der Waals surface area contributed by atoms with Gasteiger partial charge in [0.05, 0.1) is 11.4 Å². The maximum absolute atomic E-state index is 13.3. The van der Waals surface area contributed by atoms with Gasteiger partial charge in [0.15, 0.2) is 0 Å². The van der Waals surface area contributed by atoms with Gasteiger partial charge < -0.3 is 5.32 Å². The molecule has 162 valence electrons. The van der Waals surface area contributed by atoms with E-state index in [1.807, 2.05) is 55.5 Å². The van der Waals surface area contributed by atoms with Crippen LogP contribution in [-0.4, -0.2) is 25.2 Å². The summed E-state index contributed by atoms with van der Waals surface area (Å²) in [6.45, 7) is 3.76. The summed E-state index contributed by atoms with van der Waals surface area (Å²) in [7, 11) is -3.91. The zero-order valence-electron chi connectivity index (χ0n) is 17.5. The molecule has 31 heavy (non-hydrogen) atoms. The second-order valence-corrected chi connectivity index (χ2v) is 9.69. The van der Waals surface area contributed by atoms with Crippen molar-refractivity contribution in [2.45, 2.75) is 31.7 Å². The van der Waals surface area contributed by atoms with Gasteiger partial charge in [0.25, 0.3) is 0 Å². The van der Waals surface area contributed by atoms with Crippen LogP contribution in [0.2, 0.25) is 5.02 Å². The molecule has 7 heteroatoms. The average molecular weight is 457 g/mol. The number of nitrogens with zero attached hydrogens (tertiary/aromatic N) is 1. The number of hydrogen-bond donors (Lipinski definition) is 1. The molecule has 0 unspecified atom stereocenters. The third kappa shape index (κ3) is 6.17. The highest BCUT2D eigenvalue weighted by molar-refractivity contribution is 7.89. The van der Waals surface area contributed by atoms with Crippen LogP contribution in [-0.2, 0) is 27.8 Å². The van der Waals surface area contributed by atoms with E-state index in [0.29, 0.717) is 10.7 Å². The Bertz CT molecular complexity index is 1140. The predicted molar refractivity (Wildman–Crippen MR) is 125 cm³/mol.